The minimum atomic E-state index is -0.0770. The van der Waals surface area contributed by atoms with Crippen molar-refractivity contribution in [2.75, 3.05) is 44.0 Å². The Morgan fingerprint density at radius 3 is 2.90 bits per heavy atom. The highest BCUT2D eigenvalue weighted by Crippen LogP contribution is 2.32. The van der Waals surface area contributed by atoms with Crippen molar-refractivity contribution in [1.29, 1.82) is 0 Å². The lowest BCUT2D eigenvalue weighted by molar-refractivity contribution is -0.103. The Morgan fingerprint density at radius 2 is 2.00 bits per heavy atom. The van der Waals surface area contributed by atoms with Crippen molar-refractivity contribution in [2.24, 2.45) is 0 Å². The summed E-state index contributed by atoms with van der Waals surface area (Å²) in [5.41, 5.74) is 9.45. The molecule has 0 spiro atoms. The second-order valence-corrected chi connectivity index (χ2v) is 7.96. The molecule has 2 aliphatic heterocycles. The van der Waals surface area contributed by atoms with E-state index in [-0.39, 0.29) is 6.23 Å². The van der Waals surface area contributed by atoms with Crippen LogP contribution in [0.3, 0.4) is 0 Å². The number of aromatic nitrogens is 2. The highest BCUT2D eigenvalue weighted by atomic mass is 16.6. The maximum Gasteiger partial charge on any atom is 0.318 e. The molecule has 2 N–H and O–H groups in total. The number of nitrogens with two attached hydrogens (primary N) is 1. The van der Waals surface area contributed by atoms with Crippen molar-refractivity contribution in [3.8, 4) is 6.01 Å². The van der Waals surface area contributed by atoms with Gasteiger partial charge in [-0.05, 0) is 31.3 Å². The van der Waals surface area contributed by atoms with Crippen molar-refractivity contribution in [2.45, 2.75) is 25.6 Å². The number of nitrogens with zero attached hydrogens (tertiary/aromatic N) is 4. The standard InChI is InChI=1S/C23H27N5O2/c1-27-11-5-13-29-21(27)15-30-23-25-19-14-28(12-10-18(19)22(24)26-23)20-9-4-7-16-6-2-3-8-17(16)20/h2-4,6-9,21H,5,10-15H2,1H3,(H2,24,25,26)/t21-/m1/s1. The monoisotopic (exact) mass is 405 g/mol. The third-order valence-corrected chi connectivity index (χ3v) is 6.00. The lowest BCUT2D eigenvalue weighted by Crippen LogP contribution is -2.43. The number of nitrogen functional groups attached to an aromatic ring is 1. The third kappa shape index (κ3) is 3.66. The largest absolute Gasteiger partial charge is 0.459 e. The van der Waals surface area contributed by atoms with E-state index in [4.69, 9.17) is 20.2 Å². The highest BCUT2D eigenvalue weighted by molar-refractivity contribution is 5.94. The van der Waals surface area contributed by atoms with Crippen molar-refractivity contribution >= 4 is 22.3 Å². The number of benzene rings is 2. The van der Waals surface area contributed by atoms with E-state index in [9.17, 15) is 0 Å². The van der Waals surface area contributed by atoms with E-state index in [0.29, 0.717) is 25.0 Å². The van der Waals surface area contributed by atoms with Gasteiger partial charge in [0.15, 0.2) is 0 Å². The number of anilines is 2. The van der Waals surface area contributed by atoms with Gasteiger partial charge in [-0.25, -0.2) is 0 Å². The zero-order chi connectivity index (χ0) is 20.5. The molecule has 0 saturated carbocycles. The van der Waals surface area contributed by atoms with Gasteiger partial charge in [0.1, 0.15) is 18.7 Å². The summed E-state index contributed by atoms with van der Waals surface area (Å²) >= 11 is 0. The molecule has 7 heteroatoms. The van der Waals surface area contributed by atoms with Gasteiger partial charge in [-0.15, -0.1) is 0 Å². The number of hydrogen-bond acceptors (Lipinski definition) is 7. The van der Waals surface area contributed by atoms with Crippen molar-refractivity contribution < 1.29 is 9.47 Å². The SMILES string of the molecule is CN1CCCO[C@@H]1COc1nc(N)c2c(n1)CN(c1cccc3ccccc13)CC2. The molecule has 1 atom stereocenters. The van der Waals surface area contributed by atoms with E-state index in [1.165, 1.54) is 16.5 Å². The number of fused-ring (bicyclic) bond motifs is 2. The summed E-state index contributed by atoms with van der Waals surface area (Å²) in [4.78, 5) is 13.6. The first-order valence-electron chi connectivity index (χ1n) is 10.5. The van der Waals surface area contributed by atoms with Gasteiger partial charge >= 0.3 is 6.01 Å². The Bertz CT molecular complexity index is 1050. The summed E-state index contributed by atoms with van der Waals surface area (Å²) in [5.74, 6) is 0.519. The van der Waals surface area contributed by atoms with E-state index in [2.05, 4.69) is 57.2 Å². The Kier molecular flexibility index (Phi) is 5.14. The lowest BCUT2D eigenvalue weighted by atomic mass is 10.0. The van der Waals surface area contributed by atoms with E-state index in [1.807, 2.05) is 7.05 Å². The van der Waals surface area contributed by atoms with Crippen LogP contribution in [0.4, 0.5) is 11.5 Å². The molecule has 30 heavy (non-hydrogen) atoms. The number of ether oxygens (including phenoxy) is 2. The Balaban J connectivity index is 1.37. The summed E-state index contributed by atoms with van der Waals surface area (Å²) in [6.45, 7) is 3.72. The number of hydrogen-bond donors (Lipinski definition) is 1. The molecule has 0 radical (unpaired) electrons. The first kappa shape index (κ1) is 19.1. The van der Waals surface area contributed by atoms with Crippen LogP contribution in [0, 0.1) is 0 Å². The van der Waals surface area contributed by atoms with Gasteiger partial charge in [0, 0.05) is 29.7 Å². The smallest absolute Gasteiger partial charge is 0.318 e. The quantitative estimate of drug-likeness (QED) is 0.715. The van der Waals surface area contributed by atoms with E-state index in [1.54, 1.807) is 0 Å². The predicted molar refractivity (Wildman–Crippen MR) is 118 cm³/mol. The fourth-order valence-electron chi connectivity index (χ4n) is 4.32. The molecule has 0 unspecified atom stereocenters. The normalized spacial score (nSPS) is 19.6. The molecule has 1 aromatic heterocycles. The maximum absolute atomic E-state index is 6.26. The molecular formula is C23H27N5O2. The van der Waals surface area contributed by atoms with Crippen molar-refractivity contribution in [1.82, 2.24) is 14.9 Å². The zero-order valence-corrected chi connectivity index (χ0v) is 17.3. The van der Waals surface area contributed by atoms with Crippen LogP contribution in [-0.2, 0) is 17.7 Å². The van der Waals surface area contributed by atoms with Crippen molar-refractivity contribution in [3.63, 3.8) is 0 Å². The lowest BCUT2D eigenvalue weighted by Gasteiger charge is -2.32. The van der Waals surface area contributed by atoms with Gasteiger partial charge in [0.2, 0.25) is 0 Å². The first-order chi connectivity index (χ1) is 14.7. The molecular weight excluding hydrogens is 378 g/mol. The summed E-state index contributed by atoms with van der Waals surface area (Å²) in [6, 6.07) is 15.2. The second-order valence-electron chi connectivity index (χ2n) is 7.96. The van der Waals surface area contributed by atoms with Crippen LogP contribution < -0.4 is 15.4 Å². The molecule has 7 nitrogen and oxygen atoms in total. The molecule has 1 saturated heterocycles. The van der Waals surface area contributed by atoms with Crippen LogP contribution >= 0.6 is 0 Å². The van der Waals surface area contributed by atoms with Crippen LogP contribution in [0.2, 0.25) is 0 Å². The molecule has 3 aromatic rings. The molecule has 2 aromatic carbocycles. The molecule has 156 valence electrons. The van der Waals surface area contributed by atoms with Gasteiger partial charge in [-0.1, -0.05) is 36.4 Å². The van der Waals surface area contributed by atoms with Crippen molar-refractivity contribution in [3.05, 3.63) is 53.7 Å². The van der Waals surface area contributed by atoms with Crippen LogP contribution in [0.25, 0.3) is 10.8 Å². The minimum Gasteiger partial charge on any atom is -0.459 e. The van der Waals surface area contributed by atoms with Gasteiger partial charge in [0.25, 0.3) is 0 Å². The molecule has 0 bridgehead atoms. The average molecular weight is 406 g/mol. The van der Waals surface area contributed by atoms with E-state index in [0.717, 1.165) is 43.8 Å². The fraction of sp³-hybridized carbons (Fsp3) is 0.391. The van der Waals surface area contributed by atoms with Crippen LogP contribution in [-0.4, -0.2) is 54.4 Å². The van der Waals surface area contributed by atoms with Crippen LogP contribution in [0.1, 0.15) is 17.7 Å². The highest BCUT2D eigenvalue weighted by Gasteiger charge is 2.24. The zero-order valence-electron chi connectivity index (χ0n) is 17.3. The second kappa shape index (κ2) is 8.08. The molecule has 0 amide bonds. The maximum atomic E-state index is 6.26. The fourth-order valence-corrected chi connectivity index (χ4v) is 4.32. The van der Waals surface area contributed by atoms with Gasteiger partial charge in [-0.3, -0.25) is 4.90 Å². The number of rotatable bonds is 4. The predicted octanol–water partition coefficient (Wildman–Crippen LogP) is 2.83. The van der Waals surface area contributed by atoms with E-state index < -0.39 is 0 Å². The molecule has 3 heterocycles. The van der Waals surface area contributed by atoms with Gasteiger partial charge in [0.05, 0.1) is 18.8 Å². The first-order valence-corrected chi connectivity index (χ1v) is 10.5. The topological polar surface area (TPSA) is 76.7 Å². The summed E-state index contributed by atoms with van der Waals surface area (Å²) in [6.07, 6.45) is 1.78. The van der Waals surface area contributed by atoms with Gasteiger partial charge < -0.3 is 20.1 Å². The average Bonchev–Trinajstić information content (AvgIpc) is 2.78. The van der Waals surface area contributed by atoms with Gasteiger partial charge in [-0.2, -0.15) is 9.97 Å². The Morgan fingerprint density at radius 1 is 1.13 bits per heavy atom. The molecule has 2 aliphatic rings. The molecule has 1 fully saturated rings. The van der Waals surface area contributed by atoms with Crippen LogP contribution in [0.5, 0.6) is 6.01 Å². The Labute approximate surface area is 176 Å². The minimum absolute atomic E-state index is 0.0770. The Hall–Kier alpha value is -2.90. The third-order valence-electron chi connectivity index (χ3n) is 6.00. The summed E-state index contributed by atoms with van der Waals surface area (Å²) in [7, 11) is 2.04. The van der Waals surface area contributed by atoms with Crippen LogP contribution in [0.15, 0.2) is 42.5 Å². The summed E-state index contributed by atoms with van der Waals surface area (Å²) < 4.78 is 11.7. The number of likely N-dealkylation sites (N-methyl/N-ethyl adjacent to an activating group) is 1. The molecule has 0 aliphatic carbocycles. The molecule has 5 rings (SSSR count). The van der Waals surface area contributed by atoms with E-state index >= 15 is 0 Å². The summed E-state index contributed by atoms with van der Waals surface area (Å²) in [5, 5.41) is 2.49.